The molecule has 1 fully saturated rings. The lowest BCUT2D eigenvalue weighted by molar-refractivity contribution is -0.152. The molecule has 0 atom stereocenters. The number of sulfonamides is 1. The molecule has 1 saturated heterocycles. The molecule has 0 spiro atoms. The van der Waals surface area contributed by atoms with Crippen molar-refractivity contribution in [3.63, 3.8) is 0 Å². The number of piperidine rings is 1. The Morgan fingerprint density at radius 3 is 2.59 bits per heavy atom. The van der Waals surface area contributed by atoms with E-state index in [1.807, 2.05) is 0 Å². The first-order valence-electron chi connectivity index (χ1n) is 10.0. The summed E-state index contributed by atoms with van der Waals surface area (Å²) in [5.74, 6) is 0.322. The maximum Gasteiger partial charge on any atom is 0.309 e. The minimum Gasteiger partial charge on any atom is -0.497 e. The first kappa shape index (κ1) is 21.9. The summed E-state index contributed by atoms with van der Waals surface area (Å²) in [5.41, 5.74) is 0.694. The van der Waals surface area contributed by atoms with Crippen LogP contribution in [0.1, 0.15) is 18.7 Å². The van der Waals surface area contributed by atoms with E-state index in [1.54, 1.807) is 36.7 Å². The Labute approximate surface area is 185 Å². The molecular weight excluding hydrogens is 436 g/mol. The topological polar surface area (TPSA) is 125 Å². The monoisotopic (exact) mass is 458 g/mol. The average molecular weight is 458 g/mol. The highest BCUT2D eigenvalue weighted by Crippen LogP contribution is 2.26. The van der Waals surface area contributed by atoms with E-state index in [0.717, 1.165) is 0 Å². The number of carbonyl (C=O) groups excluding carboxylic acids is 1. The lowest BCUT2D eigenvalue weighted by atomic mass is 9.98. The quantitative estimate of drug-likeness (QED) is 0.490. The van der Waals surface area contributed by atoms with Crippen LogP contribution < -0.4 is 4.74 Å². The standard InChI is InChI=1S/C21H22N4O6S/c1-29-17-4-6-18(7-5-17)32(27,28)25-11-8-15(9-12-25)21(26)30-14-19-23-20(24-31-19)16-3-2-10-22-13-16/h2-7,10,13,15H,8-9,11-12,14H2,1H3. The normalized spacial score (nSPS) is 15.4. The van der Waals surface area contributed by atoms with Crippen LogP contribution in [0.2, 0.25) is 0 Å². The van der Waals surface area contributed by atoms with Gasteiger partial charge in [0.25, 0.3) is 5.89 Å². The van der Waals surface area contributed by atoms with Crippen molar-refractivity contribution in [1.29, 1.82) is 0 Å². The second-order valence-corrected chi connectivity index (χ2v) is 9.15. The van der Waals surface area contributed by atoms with Crippen LogP contribution in [0.4, 0.5) is 0 Å². The number of hydrogen-bond acceptors (Lipinski definition) is 9. The zero-order valence-corrected chi connectivity index (χ0v) is 18.2. The largest absolute Gasteiger partial charge is 0.497 e. The number of aromatic nitrogens is 3. The van der Waals surface area contributed by atoms with Crippen molar-refractivity contribution >= 4 is 16.0 Å². The molecule has 3 heterocycles. The second-order valence-electron chi connectivity index (χ2n) is 7.22. The Bertz CT molecular complexity index is 1160. The maximum atomic E-state index is 12.8. The number of carbonyl (C=O) groups is 1. The van der Waals surface area contributed by atoms with Gasteiger partial charge in [-0.3, -0.25) is 9.78 Å². The predicted molar refractivity (Wildman–Crippen MR) is 112 cm³/mol. The summed E-state index contributed by atoms with van der Waals surface area (Å²) in [6.07, 6.45) is 3.99. The number of ether oxygens (including phenoxy) is 2. The fourth-order valence-electron chi connectivity index (χ4n) is 3.41. The third-order valence-corrected chi connectivity index (χ3v) is 7.12. The molecule has 1 aromatic carbocycles. The van der Waals surface area contributed by atoms with E-state index in [9.17, 15) is 13.2 Å². The van der Waals surface area contributed by atoms with Crippen LogP contribution in [0, 0.1) is 5.92 Å². The van der Waals surface area contributed by atoms with E-state index in [-0.39, 0.29) is 30.5 Å². The summed E-state index contributed by atoms with van der Waals surface area (Å²) in [7, 11) is -2.11. The maximum absolute atomic E-state index is 12.8. The van der Waals surface area contributed by atoms with Gasteiger partial charge in [0.05, 0.1) is 17.9 Å². The van der Waals surface area contributed by atoms with Gasteiger partial charge >= 0.3 is 5.97 Å². The molecule has 0 aliphatic carbocycles. The van der Waals surface area contributed by atoms with Crippen molar-refractivity contribution in [3.05, 3.63) is 54.7 Å². The zero-order valence-electron chi connectivity index (χ0n) is 17.4. The van der Waals surface area contributed by atoms with Gasteiger partial charge in [-0.05, 0) is 49.2 Å². The van der Waals surface area contributed by atoms with Gasteiger partial charge in [0.2, 0.25) is 15.8 Å². The lowest BCUT2D eigenvalue weighted by Gasteiger charge is -2.30. The molecular formula is C21H22N4O6S. The molecule has 0 bridgehead atoms. The van der Waals surface area contributed by atoms with E-state index in [4.69, 9.17) is 14.0 Å². The Kier molecular flexibility index (Phi) is 6.47. The molecule has 168 valence electrons. The van der Waals surface area contributed by atoms with E-state index >= 15 is 0 Å². The van der Waals surface area contributed by atoms with Gasteiger partial charge in [0.1, 0.15) is 5.75 Å². The number of nitrogens with zero attached hydrogens (tertiary/aromatic N) is 4. The molecule has 3 aromatic rings. The zero-order chi connectivity index (χ0) is 22.6. The second kappa shape index (κ2) is 9.45. The Balaban J connectivity index is 1.29. The van der Waals surface area contributed by atoms with Crippen LogP contribution in [0.5, 0.6) is 5.75 Å². The molecule has 1 aliphatic heterocycles. The third-order valence-electron chi connectivity index (χ3n) is 5.21. The highest BCUT2D eigenvalue weighted by Gasteiger charge is 2.33. The average Bonchev–Trinajstić information content (AvgIpc) is 3.32. The van der Waals surface area contributed by atoms with E-state index in [0.29, 0.717) is 30.0 Å². The van der Waals surface area contributed by atoms with Gasteiger partial charge in [0.15, 0.2) is 6.61 Å². The summed E-state index contributed by atoms with van der Waals surface area (Å²) in [6.45, 7) is 0.330. The minimum atomic E-state index is -3.63. The fourth-order valence-corrected chi connectivity index (χ4v) is 4.87. The smallest absolute Gasteiger partial charge is 0.309 e. The highest BCUT2D eigenvalue weighted by molar-refractivity contribution is 7.89. The Morgan fingerprint density at radius 2 is 1.94 bits per heavy atom. The Morgan fingerprint density at radius 1 is 1.19 bits per heavy atom. The summed E-state index contributed by atoms with van der Waals surface area (Å²) < 4.78 is 42.6. The van der Waals surface area contributed by atoms with Crippen LogP contribution in [0.25, 0.3) is 11.4 Å². The molecule has 0 amide bonds. The number of hydrogen-bond donors (Lipinski definition) is 0. The van der Waals surface area contributed by atoms with Crippen molar-refractivity contribution in [2.24, 2.45) is 5.92 Å². The molecule has 2 aromatic heterocycles. The Hall–Kier alpha value is -3.31. The van der Waals surface area contributed by atoms with Gasteiger partial charge in [-0.1, -0.05) is 5.16 Å². The summed E-state index contributed by atoms with van der Waals surface area (Å²) in [4.78, 5) is 20.8. The lowest BCUT2D eigenvalue weighted by Crippen LogP contribution is -2.40. The molecule has 10 nitrogen and oxygen atoms in total. The molecule has 4 rings (SSSR count). The highest BCUT2D eigenvalue weighted by atomic mass is 32.2. The van der Waals surface area contributed by atoms with Crippen LogP contribution in [0.15, 0.2) is 58.2 Å². The van der Waals surface area contributed by atoms with Crippen molar-refractivity contribution in [2.45, 2.75) is 24.3 Å². The molecule has 11 heteroatoms. The van der Waals surface area contributed by atoms with Crippen LogP contribution >= 0.6 is 0 Å². The van der Waals surface area contributed by atoms with Crippen molar-refractivity contribution in [2.75, 3.05) is 20.2 Å². The fraction of sp³-hybridized carbons (Fsp3) is 0.333. The van der Waals surface area contributed by atoms with Crippen molar-refractivity contribution < 1.29 is 27.2 Å². The van der Waals surface area contributed by atoms with Gasteiger partial charge < -0.3 is 14.0 Å². The van der Waals surface area contributed by atoms with E-state index in [1.165, 1.54) is 23.5 Å². The van der Waals surface area contributed by atoms with Gasteiger partial charge in [-0.25, -0.2) is 8.42 Å². The molecule has 0 N–H and O–H groups in total. The van der Waals surface area contributed by atoms with E-state index in [2.05, 4.69) is 15.1 Å². The van der Waals surface area contributed by atoms with Crippen LogP contribution in [-0.4, -0.2) is 54.0 Å². The molecule has 0 unspecified atom stereocenters. The van der Waals surface area contributed by atoms with Gasteiger partial charge in [-0.15, -0.1) is 0 Å². The van der Waals surface area contributed by atoms with Crippen LogP contribution in [0.3, 0.4) is 0 Å². The number of esters is 1. The van der Waals surface area contributed by atoms with E-state index < -0.39 is 21.9 Å². The first-order chi connectivity index (χ1) is 15.5. The number of rotatable bonds is 7. The van der Waals surface area contributed by atoms with Crippen molar-refractivity contribution in [3.8, 4) is 17.1 Å². The number of pyridine rings is 1. The molecule has 32 heavy (non-hydrogen) atoms. The number of methoxy groups -OCH3 is 1. The van der Waals surface area contributed by atoms with Crippen LogP contribution in [-0.2, 0) is 26.2 Å². The minimum absolute atomic E-state index is 0.142. The van der Waals surface area contributed by atoms with Gasteiger partial charge in [0, 0.05) is 31.0 Å². The van der Waals surface area contributed by atoms with Crippen molar-refractivity contribution in [1.82, 2.24) is 19.4 Å². The third kappa shape index (κ3) is 4.78. The summed E-state index contributed by atoms with van der Waals surface area (Å²) in [6, 6.07) is 9.79. The summed E-state index contributed by atoms with van der Waals surface area (Å²) >= 11 is 0. The molecule has 0 radical (unpaired) electrons. The van der Waals surface area contributed by atoms with Gasteiger partial charge in [-0.2, -0.15) is 9.29 Å². The predicted octanol–water partition coefficient (Wildman–Crippen LogP) is 2.28. The first-order valence-corrected chi connectivity index (χ1v) is 11.4. The number of benzene rings is 1. The summed E-state index contributed by atoms with van der Waals surface area (Å²) in [5, 5.41) is 3.85. The molecule has 1 aliphatic rings. The SMILES string of the molecule is COc1ccc(S(=O)(=O)N2CCC(C(=O)OCc3nc(-c4cccnc4)no3)CC2)cc1. The molecule has 0 saturated carbocycles.